The molecule has 6 heteroatoms. The molecule has 0 unspecified atom stereocenters. The summed E-state index contributed by atoms with van der Waals surface area (Å²) in [6.45, 7) is 0.518. The molecule has 1 N–H and O–H groups in total. The highest BCUT2D eigenvalue weighted by Gasteiger charge is 2.15. The third-order valence-corrected chi connectivity index (χ3v) is 3.89. The van der Waals surface area contributed by atoms with Crippen LogP contribution >= 0.6 is 0 Å². The molecule has 25 heavy (non-hydrogen) atoms. The molecular formula is C19H16N4O2. The highest BCUT2D eigenvalue weighted by Crippen LogP contribution is 2.23. The van der Waals surface area contributed by atoms with Gasteiger partial charge in [-0.15, -0.1) is 0 Å². The van der Waals surface area contributed by atoms with Crippen LogP contribution in [0.25, 0.3) is 22.6 Å². The Hall–Kier alpha value is -3.41. The second kappa shape index (κ2) is 6.60. The van der Waals surface area contributed by atoms with Crippen LogP contribution in [0.2, 0.25) is 0 Å². The van der Waals surface area contributed by atoms with E-state index in [9.17, 15) is 4.79 Å². The summed E-state index contributed by atoms with van der Waals surface area (Å²) in [5.74, 6) is 1.28. The first-order valence-electron chi connectivity index (χ1n) is 7.97. The van der Waals surface area contributed by atoms with E-state index in [1.807, 2.05) is 53.1 Å². The lowest BCUT2D eigenvalue weighted by Crippen LogP contribution is -2.27. The molecule has 1 aromatic carbocycles. The van der Waals surface area contributed by atoms with Crippen LogP contribution in [0.1, 0.15) is 5.76 Å². The Kier molecular flexibility index (Phi) is 4.00. The molecule has 3 aromatic heterocycles. The van der Waals surface area contributed by atoms with Gasteiger partial charge in [0.25, 0.3) is 0 Å². The van der Waals surface area contributed by atoms with Crippen molar-refractivity contribution in [2.24, 2.45) is 0 Å². The first-order chi connectivity index (χ1) is 12.3. The van der Waals surface area contributed by atoms with Crippen LogP contribution in [-0.4, -0.2) is 20.4 Å². The molecule has 4 aromatic rings. The van der Waals surface area contributed by atoms with E-state index < -0.39 is 0 Å². The number of carbonyl (C=O) groups excluding carboxylic acids is 1. The smallest absolute Gasteiger partial charge is 0.240 e. The van der Waals surface area contributed by atoms with Gasteiger partial charge in [-0.05, 0) is 36.4 Å². The van der Waals surface area contributed by atoms with Gasteiger partial charge in [0.2, 0.25) is 5.91 Å². The van der Waals surface area contributed by atoms with Crippen molar-refractivity contribution in [2.45, 2.75) is 13.1 Å². The molecule has 0 aliphatic rings. The normalized spacial score (nSPS) is 10.9. The topological polar surface area (TPSA) is 73.0 Å². The zero-order chi connectivity index (χ0) is 17.1. The van der Waals surface area contributed by atoms with Crippen LogP contribution in [0.5, 0.6) is 0 Å². The summed E-state index contributed by atoms with van der Waals surface area (Å²) in [7, 11) is 0. The van der Waals surface area contributed by atoms with Crippen LogP contribution in [0, 0.1) is 0 Å². The summed E-state index contributed by atoms with van der Waals surface area (Å²) in [5.41, 5.74) is 2.47. The molecule has 0 radical (unpaired) electrons. The zero-order valence-electron chi connectivity index (χ0n) is 13.4. The summed E-state index contributed by atoms with van der Waals surface area (Å²) in [6.07, 6.45) is 3.31. The SMILES string of the molecule is O=C(Cn1c(-c2ccccn2)nc2ccccc21)NCc1ccco1. The van der Waals surface area contributed by atoms with E-state index in [0.717, 1.165) is 16.7 Å². The van der Waals surface area contributed by atoms with Crippen LogP contribution in [-0.2, 0) is 17.9 Å². The third kappa shape index (κ3) is 3.14. The fourth-order valence-corrected chi connectivity index (χ4v) is 2.72. The number of carbonyl (C=O) groups is 1. The van der Waals surface area contributed by atoms with Crippen molar-refractivity contribution >= 4 is 16.9 Å². The molecule has 0 saturated heterocycles. The fourth-order valence-electron chi connectivity index (χ4n) is 2.72. The first kappa shape index (κ1) is 15.1. The summed E-state index contributed by atoms with van der Waals surface area (Å²) < 4.78 is 7.12. The van der Waals surface area contributed by atoms with Gasteiger partial charge in [-0.1, -0.05) is 18.2 Å². The van der Waals surface area contributed by atoms with Crippen LogP contribution in [0.15, 0.2) is 71.5 Å². The first-order valence-corrected chi connectivity index (χ1v) is 7.97. The Morgan fingerprint density at radius 1 is 1.08 bits per heavy atom. The van der Waals surface area contributed by atoms with Gasteiger partial charge in [0, 0.05) is 6.20 Å². The molecule has 0 aliphatic carbocycles. The number of para-hydroxylation sites is 2. The van der Waals surface area contributed by atoms with Crippen LogP contribution in [0.4, 0.5) is 0 Å². The number of fused-ring (bicyclic) bond motifs is 1. The monoisotopic (exact) mass is 332 g/mol. The minimum atomic E-state index is -0.114. The molecule has 124 valence electrons. The molecule has 6 nitrogen and oxygen atoms in total. The van der Waals surface area contributed by atoms with Gasteiger partial charge in [-0.3, -0.25) is 9.78 Å². The van der Waals surface area contributed by atoms with Crippen molar-refractivity contribution in [1.82, 2.24) is 19.9 Å². The Bertz CT molecular complexity index is 991. The van der Waals surface area contributed by atoms with E-state index in [1.165, 1.54) is 0 Å². The van der Waals surface area contributed by atoms with Crippen molar-refractivity contribution in [1.29, 1.82) is 0 Å². The Morgan fingerprint density at radius 3 is 2.76 bits per heavy atom. The molecule has 0 spiro atoms. The highest BCUT2D eigenvalue weighted by molar-refractivity contribution is 5.84. The zero-order valence-corrected chi connectivity index (χ0v) is 13.4. The summed E-state index contributed by atoms with van der Waals surface area (Å²) in [4.78, 5) is 21.4. The maximum atomic E-state index is 12.4. The third-order valence-electron chi connectivity index (χ3n) is 3.89. The molecule has 0 saturated carbocycles. The average molecular weight is 332 g/mol. The number of hydrogen-bond acceptors (Lipinski definition) is 4. The maximum absolute atomic E-state index is 12.4. The van der Waals surface area contributed by atoms with Gasteiger partial charge in [0.15, 0.2) is 5.82 Å². The van der Waals surface area contributed by atoms with Crippen LogP contribution < -0.4 is 5.32 Å². The molecule has 1 amide bonds. The minimum Gasteiger partial charge on any atom is -0.467 e. The standard InChI is InChI=1S/C19H16N4O2/c24-18(21-12-14-6-5-11-25-14)13-23-17-9-2-1-7-15(17)22-19(23)16-8-3-4-10-20-16/h1-11H,12-13H2,(H,21,24). The number of furan rings is 1. The van der Waals surface area contributed by atoms with Gasteiger partial charge in [-0.25, -0.2) is 4.98 Å². The molecular weight excluding hydrogens is 316 g/mol. The number of nitrogens with one attached hydrogen (secondary N) is 1. The molecule has 0 aliphatic heterocycles. The molecule has 3 heterocycles. The van der Waals surface area contributed by atoms with Crippen molar-refractivity contribution in [2.75, 3.05) is 0 Å². The average Bonchev–Trinajstić information content (AvgIpc) is 3.29. The molecule has 0 atom stereocenters. The Morgan fingerprint density at radius 2 is 1.96 bits per heavy atom. The van der Waals surface area contributed by atoms with E-state index in [0.29, 0.717) is 18.1 Å². The second-order valence-corrected chi connectivity index (χ2v) is 5.58. The van der Waals surface area contributed by atoms with Crippen molar-refractivity contribution < 1.29 is 9.21 Å². The van der Waals surface area contributed by atoms with Gasteiger partial charge in [0.1, 0.15) is 18.0 Å². The number of amides is 1. The van der Waals surface area contributed by atoms with Gasteiger partial charge in [-0.2, -0.15) is 0 Å². The molecule has 4 rings (SSSR count). The number of pyridine rings is 1. The second-order valence-electron chi connectivity index (χ2n) is 5.58. The van der Waals surface area contributed by atoms with Crippen LogP contribution in [0.3, 0.4) is 0 Å². The highest BCUT2D eigenvalue weighted by atomic mass is 16.3. The number of rotatable bonds is 5. The predicted molar refractivity (Wildman–Crippen MR) is 93.5 cm³/mol. The number of imidazole rings is 1. The maximum Gasteiger partial charge on any atom is 0.240 e. The number of hydrogen-bond donors (Lipinski definition) is 1. The quantitative estimate of drug-likeness (QED) is 0.610. The molecule has 0 bridgehead atoms. The van der Waals surface area contributed by atoms with E-state index in [-0.39, 0.29) is 12.5 Å². The number of benzene rings is 1. The summed E-state index contributed by atoms with van der Waals surface area (Å²) >= 11 is 0. The van der Waals surface area contributed by atoms with E-state index in [4.69, 9.17) is 4.42 Å². The van der Waals surface area contributed by atoms with Gasteiger partial charge in [0.05, 0.1) is 23.8 Å². The Balaban J connectivity index is 1.64. The van der Waals surface area contributed by atoms with Crippen molar-refractivity contribution in [3.05, 3.63) is 72.8 Å². The minimum absolute atomic E-state index is 0.114. The van der Waals surface area contributed by atoms with Crippen molar-refractivity contribution in [3.8, 4) is 11.5 Å². The number of aromatic nitrogens is 3. The lowest BCUT2D eigenvalue weighted by Gasteiger charge is -2.09. The fraction of sp³-hybridized carbons (Fsp3) is 0.105. The predicted octanol–water partition coefficient (Wildman–Crippen LogP) is 3.01. The largest absolute Gasteiger partial charge is 0.467 e. The lowest BCUT2D eigenvalue weighted by atomic mass is 10.3. The Labute approximate surface area is 144 Å². The number of nitrogens with zero attached hydrogens (tertiary/aromatic N) is 3. The van der Waals surface area contributed by atoms with Crippen molar-refractivity contribution in [3.63, 3.8) is 0 Å². The summed E-state index contributed by atoms with van der Waals surface area (Å²) in [6, 6.07) is 17.0. The molecule has 0 fully saturated rings. The van der Waals surface area contributed by atoms with E-state index in [1.54, 1.807) is 18.5 Å². The van der Waals surface area contributed by atoms with Gasteiger partial charge >= 0.3 is 0 Å². The summed E-state index contributed by atoms with van der Waals surface area (Å²) in [5, 5.41) is 2.87. The van der Waals surface area contributed by atoms with E-state index >= 15 is 0 Å². The van der Waals surface area contributed by atoms with E-state index in [2.05, 4.69) is 15.3 Å². The van der Waals surface area contributed by atoms with Gasteiger partial charge < -0.3 is 14.3 Å². The lowest BCUT2D eigenvalue weighted by molar-refractivity contribution is -0.121.